The SMILES string of the molecule is Cc1c(C#C[Si](C)(C)C)cc(CC(=O)O)cc1N1CCN(C(=O)OC(C)(C)C)CC1. The molecule has 0 aromatic heterocycles. The number of carboxylic acid groups (broad SMARTS) is 1. The molecule has 6 nitrogen and oxygen atoms in total. The Kier molecular flexibility index (Phi) is 7.25. The molecule has 0 spiro atoms. The predicted molar refractivity (Wildman–Crippen MR) is 123 cm³/mol. The number of amides is 1. The van der Waals surface area contributed by atoms with Gasteiger partial charge in [-0.05, 0) is 51.0 Å². The van der Waals surface area contributed by atoms with Gasteiger partial charge in [0.05, 0.1) is 6.42 Å². The van der Waals surface area contributed by atoms with Crippen LogP contribution in [0, 0.1) is 18.4 Å². The Morgan fingerprint density at radius 3 is 2.23 bits per heavy atom. The van der Waals surface area contributed by atoms with Crippen LogP contribution >= 0.6 is 0 Å². The first-order chi connectivity index (χ1) is 13.7. The minimum absolute atomic E-state index is 0.0349. The zero-order valence-electron chi connectivity index (χ0n) is 19.3. The van der Waals surface area contributed by atoms with Crippen LogP contribution in [0.5, 0.6) is 0 Å². The second-order valence-corrected chi connectivity index (χ2v) is 14.6. The zero-order chi connectivity index (χ0) is 22.7. The fourth-order valence-corrected chi connectivity index (χ4v) is 3.71. The maximum Gasteiger partial charge on any atom is 0.410 e. The molecule has 1 N–H and O–H groups in total. The number of benzene rings is 1. The number of hydrogen-bond acceptors (Lipinski definition) is 4. The molecule has 1 amide bonds. The van der Waals surface area contributed by atoms with Gasteiger partial charge >= 0.3 is 12.1 Å². The van der Waals surface area contributed by atoms with Crippen molar-refractivity contribution in [2.24, 2.45) is 0 Å². The molecule has 1 aromatic rings. The molecule has 0 radical (unpaired) electrons. The van der Waals surface area contributed by atoms with E-state index >= 15 is 0 Å². The summed E-state index contributed by atoms with van der Waals surface area (Å²) in [6, 6.07) is 3.85. The number of anilines is 1. The molecule has 164 valence electrons. The van der Waals surface area contributed by atoms with Gasteiger partial charge in [0, 0.05) is 37.4 Å². The zero-order valence-corrected chi connectivity index (χ0v) is 20.3. The highest BCUT2D eigenvalue weighted by Crippen LogP contribution is 2.27. The molecule has 0 aliphatic carbocycles. The van der Waals surface area contributed by atoms with Crippen molar-refractivity contribution in [1.82, 2.24) is 4.90 Å². The second kappa shape index (κ2) is 9.13. The Labute approximate surface area is 181 Å². The molecule has 0 saturated carbocycles. The molecule has 1 aromatic carbocycles. The van der Waals surface area contributed by atoms with Crippen LogP contribution in [0.1, 0.15) is 37.5 Å². The van der Waals surface area contributed by atoms with E-state index in [1.165, 1.54) is 0 Å². The number of piperazine rings is 1. The van der Waals surface area contributed by atoms with Gasteiger partial charge in [0.1, 0.15) is 13.7 Å². The highest BCUT2D eigenvalue weighted by Gasteiger charge is 2.27. The van der Waals surface area contributed by atoms with Gasteiger partial charge in [-0.25, -0.2) is 4.79 Å². The normalized spacial score (nSPS) is 14.8. The lowest BCUT2D eigenvalue weighted by Gasteiger charge is -2.37. The summed E-state index contributed by atoms with van der Waals surface area (Å²) in [6.45, 7) is 16.6. The van der Waals surface area contributed by atoms with Crippen LogP contribution in [0.2, 0.25) is 19.6 Å². The lowest BCUT2D eigenvalue weighted by Crippen LogP contribution is -2.50. The molecule has 1 aliphatic heterocycles. The Morgan fingerprint density at radius 2 is 1.73 bits per heavy atom. The molecule has 30 heavy (non-hydrogen) atoms. The molecule has 0 atom stereocenters. The average molecular weight is 431 g/mol. The summed E-state index contributed by atoms with van der Waals surface area (Å²) < 4.78 is 5.48. The van der Waals surface area contributed by atoms with Gasteiger partial charge in [-0.3, -0.25) is 4.79 Å². The third-order valence-corrected chi connectivity index (χ3v) is 5.51. The van der Waals surface area contributed by atoms with Gasteiger partial charge in [0.15, 0.2) is 0 Å². The van der Waals surface area contributed by atoms with Crippen LogP contribution < -0.4 is 4.90 Å². The van der Waals surface area contributed by atoms with E-state index in [1.54, 1.807) is 4.90 Å². The molecule has 0 bridgehead atoms. The van der Waals surface area contributed by atoms with Gasteiger partial charge in [0.25, 0.3) is 0 Å². The van der Waals surface area contributed by atoms with Crippen molar-refractivity contribution in [2.75, 3.05) is 31.1 Å². The minimum Gasteiger partial charge on any atom is -0.481 e. The van der Waals surface area contributed by atoms with Crippen LogP contribution in [0.25, 0.3) is 0 Å². The summed E-state index contributed by atoms with van der Waals surface area (Å²) in [4.78, 5) is 27.6. The van der Waals surface area contributed by atoms with Gasteiger partial charge < -0.3 is 19.6 Å². The average Bonchev–Trinajstić information content (AvgIpc) is 2.59. The summed E-state index contributed by atoms with van der Waals surface area (Å²) in [5, 5.41) is 9.28. The molecule has 7 heteroatoms. The first kappa shape index (κ1) is 23.8. The van der Waals surface area contributed by atoms with Gasteiger partial charge in [-0.15, -0.1) is 5.54 Å². The highest BCUT2D eigenvalue weighted by atomic mass is 28.3. The van der Waals surface area contributed by atoms with Crippen LogP contribution in [0.15, 0.2) is 12.1 Å². The summed E-state index contributed by atoms with van der Waals surface area (Å²) in [7, 11) is -1.56. The Morgan fingerprint density at radius 1 is 1.13 bits per heavy atom. The van der Waals surface area contributed by atoms with E-state index < -0.39 is 19.6 Å². The summed E-state index contributed by atoms with van der Waals surface area (Å²) in [5.74, 6) is 2.45. The quantitative estimate of drug-likeness (QED) is 0.582. The minimum atomic E-state index is -1.56. The van der Waals surface area contributed by atoms with Crippen molar-refractivity contribution in [2.45, 2.75) is 59.4 Å². The maximum absolute atomic E-state index is 12.3. The maximum atomic E-state index is 12.3. The van der Waals surface area contributed by atoms with E-state index in [9.17, 15) is 14.7 Å². The molecule has 1 aliphatic rings. The summed E-state index contributed by atoms with van der Waals surface area (Å²) in [6.07, 6.45) is -0.326. The van der Waals surface area contributed by atoms with E-state index in [-0.39, 0.29) is 12.5 Å². The standard InChI is InChI=1S/C23H34N2O4Si/c1-17-19(8-13-30(5,6)7)14-18(16-21(26)27)15-20(17)24-9-11-25(12-10-24)22(28)29-23(2,3)4/h14-15H,9-12,16H2,1-7H3,(H,26,27). The lowest BCUT2D eigenvalue weighted by atomic mass is 10.00. The number of carbonyl (C=O) groups is 2. The smallest absolute Gasteiger partial charge is 0.410 e. The Hall–Kier alpha value is -2.46. The Bertz CT molecular complexity index is 864. The van der Waals surface area contributed by atoms with E-state index in [1.807, 2.05) is 39.8 Å². The van der Waals surface area contributed by atoms with Crippen molar-refractivity contribution in [3.8, 4) is 11.5 Å². The molecule has 1 heterocycles. The second-order valence-electron chi connectivity index (χ2n) is 9.81. The van der Waals surface area contributed by atoms with Crippen LogP contribution in [-0.4, -0.2) is 61.9 Å². The fourth-order valence-electron chi connectivity index (χ4n) is 3.20. The van der Waals surface area contributed by atoms with E-state index in [0.29, 0.717) is 26.2 Å². The van der Waals surface area contributed by atoms with E-state index in [4.69, 9.17) is 4.74 Å². The van der Waals surface area contributed by atoms with Crippen molar-refractivity contribution in [3.63, 3.8) is 0 Å². The van der Waals surface area contributed by atoms with E-state index in [0.717, 1.165) is 22.4 Å². The summed E-state index contributed by atoms with van der Waals surface area (Å²) >= 11 is 0. The number of ether oxygens (including phenoxy) is 1. The van der Waals surface area contributed by atoms with Crippen LogP contribution in [0.3, 0.4) is 0 Å². The number of carboxylic acids is 1. The molecule has 1 fully saturated rings. The van der Waals surface area contributed by atoms with Gasteiger partial charge in [-0.1, -0.05) is 25.6 Å². The topological polar surface area (TPSA) is 70.1 Å². The van der Waals surface area contributed by atoms with Crippen molar-refractivity contribution >= 4 is 25.8 Å². The molecular weight excluding hydrogens is 396 g/mol. The van der Waals surface area contributed by atoms with Crippen molar-refractivity contribution in [1.29, 1.82) is 0 Å². The monoisotopic (exact) mass is 430 g/mol. The third-order valence-electron chi connectivity index (χ3n) is 4.64. The third kappa shape index (κ3) is 7.10. The number of hydrogen-bond donors (Lipinski definition) is 1. The fraction of sp³-hybridized carbons (Fsp3) is 0.565. The highest BCUT2D eigenvalue weighted by molar-refractivity contribution is 6.83. The van der Waals surface area contributed by atoms with Crippen LogP contribution in [0.4, 0.5) is 10.5 Å². The van der Waals surface area contributed by atoms with Gasteiger partial charge in [-0.2, -0.15) is 0 Å². The van der Waals surface area contributed by atoms with Gasteiger partial charge in [0.2, 0.25) is 0 Å². The number of aliphatic carboxylic acids is 1. The van der Waals surface area contributed by atoms with Crippen molar-refractivity contribution < 1.29 is 19.4 Å². The largest absolute Gasteiger partial charge is 0.481 e. The summed E-state index contributed by atoms with van der Waals surface area (Å²) in [5.41, 5.74) is 6.56. The predicted octanol–water partition coefficient (Wildman–Crippen LogP) is 3.91. The van der Waals surface area contributed by atoms with E-state index in [2.05, 4.69) is 36.0 Å². The van der Waals surface area contributed by atoms with Crippen molar-refractivity contribution in [3.05, 3.63) is 28.8 Å². The Balaban J connectivity index is 2.27. The first-order valence-corrected chi connectivity index (χ1v) is 13.9. The molecular formula is C23H34N2O4Si. The molecule has 2 rings (SSSR count). The van der Waals surface area contributed by atoms with Crippen LogP contribution in [-0.2, 0) is 16.0 Å². The first-order valence-electron chi connectivity index (χ1n) is 10.4. The lowest BCUT2D eigenvalue weighted by molar-refractivity contribution is -0.136. The number of nitrogens with zero attached hydrogens (tertiary/aromatic N) is 2. The molecule has 1 saturated heterocycles. The number of carbonyl (C=O) groups excluding carboxylic acids is 1. The number of rotatable bonds is 3. The molecule has 0 unspecified atom stereocenters.